The molecule has 1 aromatic rings. The van der Waals surface area contributed by atoms with Crippen molar-refractivity contribution < 1.29 is 0 Å². The average molecular weight is 218 g/mol. The monoisotopic (exact) mass is 218 g/mol. The Morgan fingerprint density at radius 3 is 2.81 bits per heavy atom. The van der Waals surface area contributed by atoms with Gasteiger partial charge in [0.15, 0.2) is 0 Å². The van der Waals surface area contributed by atoms with E-state index in [1.807, 2.05) is 14.0 Å². The van der Waals surface area contributed by atoms with Crippen molar-refractivity contribution in [2.75, 3.05) is 25.5 Å². The fraction of sp³-hybridized carbons (Fsp3) is 0.500. The van der Waals surface area contributed by atoms with Gasteiger partial charge in [-0.25, -0.2) is 4.98 Å². The lowest BCUT2D eigenvalue weighted by Crippen LogP contribution is -2.23. The standard InChI is InChI=1S/C12H18N4/c1-9(7-14-3)8-15-12-5-11(6-13)4-10(2)16-12/h4-5,9,14H,7-8H2,1-3H3,(H,15,16). The van der Waals surface area contributed by atoms with Crippen LogP contribution in [0.3, 0.4) is 0 Å². The van der Waals surface area contributed by atoms with Crippen LogP contribution in [0.15, 0.2) is 12.1 Å². The van der Waals surface area contributed by atoms with Crippen LogP contribution in [0.5, 0.6) is 0 Å². The Hall–Kier alpha value is -1.60. The van der Waals surface area contributed by atoms with E-state index in [9.17, 15) is 0 Å². The SMILES string of the molecule is CNCC(C)CNc1cc(C#N)cc(C)n1. The molecule has 1 rings (SSSR count). The maximum absolute atomic E-state index is 8.83. The van der Waals surface area contributed by atoms with Gasteiger partial charge < -0.3 is 10.6 Å². The van der Waals surface area contributed by atoms with E-state index < -0.39 is 0 Å². The summed E-state index contributed by atoms with van der Waals surface area (Å²) in [5.41, 5.74) is 1.51. The Morgan fingerprint density at radius 1 is 1.44 bits per heavy atom. The van der Waals surface area contributed by atoms with E-state index in [1.165, 1.54) is 0 Å². The Bertz CT molecular complexity index is 381. The largest absolute Gasteiger partial charge is 0.370 e. The maximum atomic E-state index is 8.83. The van der Waals surface area contributed by atoms with Crippen LogP contribution in [0.2, 0.25) is 0 Å². The topological polar surface area (TPSA) is 60.7 Å². The van der Waals surface area contributed by atoms with E-state index in [0.717, 1.165) is 24.6 Å². The van der Waals surface area contributed by atoms with Gasteiger partial charge in [-0.05, 0) is 38.6 Å². The highest BCUT2D eigenvalue weighted by Gasteiger charge is 2.02. The van der Waals surface area contributed by atoms with E-state index >= 15 is 0 Å². The molecule has 0 saturated heterocycles. The van der Waals surface area contributed by atoms with Crippen LogP contribution in [0.1, 0.15) is 18.2 Å². The second-order valence-electron chi connectivity index (χ2n) is 4.04. The zero-order valence-corrected chi connectivity index (χ0v) is 10.0. The van der Waals surface area contributed by atoms with Gasteiger partial charge in [0.1, 0.15) is 5.82 Å². The number of nitriles is 1. The van der Waals surface area contributed by atoms with Crippen LogP contribution < -0.4 is 10.6 Å². The average Bonchev–Trinajstić information content (AvgIpc) is 2.26. The second-order valence-corrected chi connectivity index (χ2v) is 4.04. The minimum Gasteiger partial charge on any atom is -0.370 e. The number of anilines is 1. The number of pyridine rings is 1. The molecule has 4 heteroatoms. The van der Waals surface area contributed by atoms with Gasteiger partial charge in [-0.2, -0.15) is 5.26 Å². The molecule has 0 fully saturated rings. The lowest BCUT2D eigenvalue weighted by atomic mass is 10.2. The number of rotatable bonds is 5. The fourth-order valence-electron chi connectivity index (χ4n) is 1.52. The quantitative estimate of drug-likeness (QED) is 0.786. The molecule has 0 aliphatic carbocycles. The summed E-state index contributed by atoms with van der Waals surface area (Å²) < 4.78 is 0. The molecule has 0 aliphatic rings. The van der Waals surface area contributed by atoms with Crippen molar-refractivity contribution in [3.8, 4) is 6.07 Å². The van der Waals surface area contributed by atoms with Gasteiger partial charge in [0.2, 0.25) is 0 Å². The minimum atomic E-state index is 0.526. The summed E-state index contributed by atoms with van der Waals surface area (Å²) in [5.74, 6) is 1.30. The van der Waals surface area contributed by atoms with Crippen LogP contribution in [0.4, 0.5) is 5.82 Å². The summed E-state index contributed by atoms with van der Waals surface area (Å²) in [6, 6.07) is 5.69. The van der Waals surface area contributed by atoms with Gasteiger partial charge >= 0.3 is 0 Å². The molecular weight excluding hydrogens is 200 g/mol. The predicted octanol–water partition coefficient (Wildman–Crippen LogP) is 1.53. The highest BCUT2D eigenvalue weighted by atomic mass is 15.0. The van der Waals surface area contributed by atoms with Gasteiger partial charge in [-0.1, -0.05) is 6.92 Å². The van der Waals surface area contributed by atoms with Crippen molar-refractivity contribution in [2.45, 2.75) is 13.8 Å². The number of hydrogen-bond acceptors (Lipinski definition) is 4. The van der Waals surface area contributed by atoms with Gasteiger partial charge in [0.05, 0.1) is 11.6 Å². The number of nitrogens with one attached hydrogen (secondary N) is 2. The number of hydrogen-bond donors (Lipinski definition) is 2. The van der Waals surface area contributed by atoms with Crippen molar-refractivity contribution in [3.05, 3.63) is 23.4 Å². The van der Waals surface area contributed by atoms with Crippen molar-refractivity contribution in [1.82, 2.24) is 10.3 Å². The molecule has 2 N–H and O–H groups in total. The van der Waals surface area contributed by atoms with Gasteiger partial charge in [0, 0.05) is 12.2 Å². The summed E-state index contributed by atoms with van der Waals surface area (Å²) in [5, 5.41) is 15.2. The molecule has 86 valence electrons. The third kappa shape index (κ3) is 3.87. The molecule has 1 unspecified atom stereocenters. The Labute approximate surface area is 96.7 Å². The molecule has 1 atom stereocenters. The Kier molecular flexibility index (Phi) is 4.74. The maximum Gasteiger partial charge on any atom is 0.127 e. The van der Waals surface area contributed by atoms with Crippen molar-refractivity contribution in [2.24, 2.45) is 5.92 Å². The third-order valence-corrected chi connectivity index (χ3v) is 2.27. The molecular formula is C12H18N4. The van der Waals surface area contributed by atoms with Crippen LogP contribution in [-0.4, -0.2) is 25.1 Å². The molecule has 0 spiro atoms. The van der Waals surface area contributed by atoms with Crippen LogP contribution in [0, 0.1) is 24.2 Å². The molecule has 0 aromatic carbocycles. The summed E-state index contributed by atoms with van der Waals surface area (Å²) in [7, 11) is 1.94. The zero-order valence-electron chi connectivity index (χ0n) is 10.0. The Balaban J connectivity index is 2.60. The van der Waals surface area contributed by atoms with Crippen molar-refractivity contribution in [1.29, 1.82) is 5.26 Å². The van der Waals surface area contributed by atoms with E-state index in [1.54, 1.807) is 12.1 Å². The van der Waals surface area contributed by atoms with E-state index in [4.69, 9.17) is 5.26 Å². The summed E-state index contributed by atoms with van der Waals surface area (Å²) in [6.45, 7) is 5.86. The zero-order chi connectivity index (χ0) is 12.0. The molecule has 0 amide bonds. The van der Waals surface area contributed by atoms with Crippen LogP contribution in [0.25, 0.3) is 0 Å². The molecule has 0 aliphatic heterocycles. The molecule has 0 radical (unpaired) electrons. The molecule has 1 aromatic heterocycles. The normalized spacial score (nSPS) is 11.9. The summed E-state index contributed by atoms with van der Waals surface area (Å²) in [4.78, 5) is 4.33. The third-order valence-electron chi connectivity index (χ3n) is 2.27. The predicted molar refractivity (Wildman–Crippen MR) is 65.3 cm³/mol. The highest BCUT2D eigenvalue weighted by molar-refractivity contribution is 5.44. The fourth-order valence-corrected chi connectivity index (χ4v) is 1.52. The molecule has 1 heterocycles. The first-order valence-electron chi connectivity index (χ1n) is 5.43. The first-order valence-corrected chi connectivity index (χ1v) is 5.43. The first kappa shape index (κ1) is 12.5. The minimum absolute atomic E-state index is 0.526. The second kappa shape index (κ2) is 6.09. The first-order chi connectivity index (χ1) is 7.65. The summed E-state index contributed by atoms with van der Waals surface area (Å²) >= 11 is 0. The number of aromatic nitrogens is 1. The van der Waals surface area contributed by atoms with E-state index in [2.05, 4.69) is 28.6 Å². The molecule has 0 saturated carbocycles. The Morgan fingerprint density at radius 2 is 2.19 bits per heavy atom. The molecule has 0 bridgehead atoms. The van der Waals surface area contributed by atoms with Crippen molar-refractivity contribution >= 4 is 5.82 Å². The highest BCUT2D eigenvalue weighted by Crippen LogP contribution is 2.09. The lowest BCUT2D eigenvalue weighted by molar-refractivity contribution is 0.569. The smallest absolute Gasteiger partial charge is 0.127 e. The lowest BCUT2D eigenvalue weighted by Gasteiger charge is -2.12. The van der Waals surface area contributed by atoms with Gasteiger partial charge in [-0.15, -0.1) is 0 Å². The van der Waals surface area contributed by atoms with Crippen LogP contribution in [-0.2, 0) is 0 Å². The van der Waals surface area contributed by atoms with Gasteiger partial charge in [0.25, 0.3) is 0 Å². The summed E-state index contributed by atoms with van der Waals surface area (Å²) in [6.07, 6.45) is 0. The molecule has 4 nitrogen and oxygen atoms in total. The van der Waals surface area contributed by atoms with E-state index in [-0.39, 0.29) is 0 Å². The van der Waals surface area contributed by atoms with Gasteiger partial charge in [-0.3, -0.25) is 0 Å². The van der Waals surface area contributed by atoms with Crippen LogP contribution >= 0.6 is 0 Å². The number of nitrogens with zero attached hydrogens (tertiary/aromatic N) is 2. The molecule has 16 heavy (non-hydrogen) atoms. The number of aryl methyl sites for hydroxylation is 1. The van der Waals surface area contributed by atoms with E-state index in [0.29, 0.717) is 11.5 Å². The van der Waals surface area contributed by atoms with Crippen molar-refractivity contribution in [3.63, 3.8) is 0 Å².